The van der Waals surface area contributed by atoms with Crippen LogP contribution in [-0.2, 0) is 0 Å². The molecular formula is C19H27N7O. The van der Waals surface area contributed by atoms with Crippen molar-refractivity contribution in [1.82, 2.24) is 15.2 Å². The highest BCUT2D eigenvalue weighted by Crippen LogP contribution is 2.31. The number of nitrogens with zero attached hydrogens (tertiary/aromatic N) is 5. The average molecular weight is 369 g/mol. The highest BCUT2D eigenvalue weighted by Gasteiger charge is 2.28. The normalized spacial score (nSPS) is 21.7. The number of aromatic nitrogens is 1. The van der Waals surface area contributed by atoms with Gasteiger partial charge in [-0.05, 0) is 39.1 Å². The third-order valence-electron chi connectivity index (χ3n) is 5.35. The Bertz CT molecular complexity index is 773. The number of rotatable bonds is 2. The van der Waals surface area contributed by atoms with Gasteiger partial charge in [0, 0.05) is 44.8 Å². The van der Waals surface area contributed by atoms with Gasteiger partial charge in [0.05, 0.1) is 5.69 Å². The lowest BCUT2D eigenvalue weighted by molar-refractivity contribution is 0.250. The van der Waals surface area contributed by atoms with E-state index >= 15 is 0 Å². The molecule has 27 heavy (non-hydrogen) atoms. The van der Waals surface area contributed by atoms with Crippen molar-refractivity contribution < 1.29 is 4.79 Å². The summed E-state index contributed by atoms with van der Waals surface area (Å²) in [5, 5.41) is 6.31. The zero-order valence-corrected chi connectivity index (χ0v) is 16.0. The van der Waals surface area contributed by atoms with Crippen molar-refractivity contribution in [2.24, 2.45) is 4.99 Å². The van der Waals surface area contributed by atoms with E-state index < -0.39 is 0 Å². The van der Waals surface area contributed by atoms with E-state index in [2.05, 4.69) is 45.6 Å². The van der Waals surface area contributed by atoms with Crippen LogP contribution in [0.15, 0.2) is 29.4 Å². The summed E-state index contributed by atoms with van der Waals surface area (Å²) in [4.78, 5) is 28.2. The number of aliphatic imine (C=N–C) groups is 1. The molecule has 1 saturated heterocycles. The number of fused-ring (bicyclic) bond motifs is 1. The van der Waals surface area contributed by atoms with E-state index in [1.54, 1.807) is 11.1 Å². The first-order valence-electron chi connectivity index (χ1n) is 9.58. The Kier molecular flexibility index (Phi) is 4.98. The minimum Gasteiger partial charge on any atom is -0.382 e. The topological polar surface area (TPSA) is 76.1 Å². The van der Waals surface area contributed by atoms with Crippen LogP contribution in [0.4, 0.5) is 22.1 Å². The third kappa shape index (κ3) is 3.75. The van der Waals surface area contributed by atoms with Crippen molar-refractivity contribution in [2.45, 2.75) is 25.3 Å². The van der Waals surface area contributed by atoms with Crippen molar-refractivity contribution >= 4 is 29.2 Å². The molecule has 3 aliphatic heterocycles. The summed E-state index contributed by atoms with van der Waals surface area (Å²) in [5.74, 6) is 2.31. The Labute approximate surface area is 159 Å². The van der Waals surface area contributed by atoms with Gasteiger partial charge in [-0.15, -0.1) is 0 Å². The fourth-order valence-corrected chi connectivity index (χ4v) is 3.73. The van der Waals surface area contributed by atoms with Gasteiger partial charge in [0.15, 0.2) is 5.82 Å². The van der Waals surface area contributed by atoms with E-state index in [0.29, 0.717) is 30.7 Å². The molecule has 0 saturated carbocycles. The summed E-state index contributed by atoms with van der Waals surface area (Å²) in [7, 11) is 4.24. The van der Waals surface area contributed by atoms with Crippen molar-refractivity contribution in [1.29, 1.82) is 0 Å². The Morgan fingerprint density at radius 3 is 2.96 bits per heavy atom. The Morgan fingerprint density at radius 1 is 1.33 bits per heavy atom. The van der Waals surface area contributed by atoms with Crippen LogP contribution in [0.2, 0.25) is 0 Å². The van der Waals surface area contributed by atoms with Crippen molar-refractivity contribution in [3.8, 4) is 0 Å². The number of nitrogens with one attached hydrogen (secondary N) is 2. The molecule has 4 heterocycles. The van der Waals surface area contributed by atoms with Crippen molar-refractivity contribution in [2.75, 3.05) is 55.4 Å². The van der Waals surface area contributed by atoms with Gasteiger partial charge >= 0.3 is 6.03 Å². The van der Waals surface area contributed by atoms with Gasteiger partial charge in [-0.2, -0.15) is 0 Å². The number of hydrogen-bond donors (Lipinski definition) is 2. The lowest BCUT2D eigenvalue weighted by Crippen LogP contribution is -2.43. The minimum absolute atomic E-state index is 0.167. The standard InChI is InChI=1S/C19H27N7O/c1-24(2)14-8-12-25(13-14)17-7-6-15-18(23-17)26(11-4-10-20-15)19(27)22-16-5-3-9-21-16/h3,6-7,9,14,20H,4-5,8,10-13H2,1-2H3,(H,21,22,27)/t14-/m0/s1. The van der Waals surface area contributed by atoms with Crippen LogP contribution >= 0.6 is 0 Å². The summed E-state index contributed by atoms with van der Waals surface area (Å²) < 4.78 is 0. The van der Waals surface area contributed by atoms with Gasteiger partial charge in [-0.1, -0.05) is 6.08 Å². The molecule has 0 bridgehead atoms. The van der Waals surface area contributed by atoms with Crippen LogP contribution in [-0.4, -0.2) is 68.1 Å². The molecule has 4 rings (SSSR count). The van der Waals surface area contributed by atoms with E-state index in [1.165, 1.54) is 0 Å². The van der Waals surface area contributed by atoms with Gasteiger partial charge in [0.2, 0.25) is 0 Å². The molecule has 0 aromatic carbocycles. The van der Waals surface area contributed by atoms with Crippen molar-refractivity contribution in [3.63, 3.8) is 0 Å². The van der Waals surface area contributed by atoms with E-state index in [9.17, 15) is 4.79 Å². The number of carbonyl (C=O) groups excluding carboxylic acids is 1. The van der Waals surface area contributed by atoms with Crippen LogP contribution in [0.1, 0.15) is 19.3 Å². The summed E-state index contributed by atoms with van der Waals surface area (Å²) >= 11 is 0. The highest BCUT2D eigenvalue weighted by atomic mass is 16.2. The Morgan fingerprint density at radius 2 is 2.22 bits per heavy atom. The molecule has 2 amide bonds. The Balaban J connectivity index is 1.57. The number of likely N-dealkylation sites (N-methyl/N-ethyl adjacent to an activating group) is 1. The van der Waals surface area contributed by atoms with E-state index in [1.807, 2.05) is 12.1 Å². The van der Waals surface area contributed by atoms with Gasteiger partial charge < -0.3 is 15.1 Å². The molecule has 8 heteroatoms. The molecule has 1 aromatic rings. The molecule has 0 unspecified atom stereocenters. The maximum Gasteiger partial charge on any atom is 0.328 e. The van der Waals surface area contributed by atoms with Gasteiger partial charge in [0.1, 0.15) is 11.7 Å². The smallest absolute Gasteiger partial charge is 0.328 e. The van der Waals surface area contributed by atoms with Crippen LogP contribution in [0.3, 0.4) is 0 Å². The lowest BCUT2D eigenvalue weighted by atomic mass is 10.2. The second-order valence-corrected chi connectivity index (χ2v) is 7.42. The predicted octanol–water partition coefficient (Wildman–Crippen LogP) is 1.87. The number of anilines is 3. The summed E-state index contributed by atoms with van der Waals surface area (Å²) in [5.41, 5.74) is 0.904. The largest absolute Gasteiger partial charge is 0.382 e. The molecule has 3 aliphatic rings. The van der Waals surface area contributed by atoms with Crippen molar-refractivity contribution in [3.05, 3.63) is 24.4 Å². The third-order valence-corrected chi connectivity index (χ3v) is 5.35. The number of pyridine rings is 1. The van der Waals surface area contributed by atoms with E-state index in [0.717, 1.165) is 44.0 Å². The fourth-order valence-electron chi connectivity index (χ4n) is 3.73. The number of urea groups is 1. The molecule has 2 N–H and O–H groups in total. The molecule has 1 atom stereocenters. The van der Waals surface area contributed by atoms with Crippen LogP contribution < -0.4 is 20.4 Å². The first-order valence-corrected chi connectivity index (χ1v) is 9.58. The first kappa shape index (κ1) is 17.8. The van der Waals surface area contributed by atoms with Crippen LogP contribution in [0, 0.1) is 0 Å². The molecular weight excluding hydrogens is 342 g/mol. The van der Waals surface area contributed by atoms with Crippen LogP contribution in [0.25, 0.3) is 0 Å². The summed E-state index contributed by atoms with van der Waals surface area (Å²) in [6.07, 6.45) is 6.31. The predicted molar refractivity (Wildman–Crippen MR) is 109 cm³/mol. The molecule has 144 valence electrons. The zero-order chi connectivity index (χ0) is 18.8. The summed E-state index contributed by atoms with van der Waals surface area (Å²) in [6, 6.07) is 4.47. The molecule has 0 spiro atoms. The molecule has 0 aliphatic carbocycles. The number of hydrogen-bond acceptors (Lipinski definition) is 6. The molecule has 1 aromatic heterocycles. The second-order valence-electron chi connectivity index (χ2n) is 7.42. The number of amidine groups is 1. The number of amides is 2. The lowest BCUT2D eigenvalue weighted by Gasteiger charge is -2.25. The molecule has 8 nitrogen and oxygen atoms in total. The molecule has 1 fully saturated rings. The fraction of sp³-hybridized carbons (Fsp3) is 0.526. The van der Waals surface area contributed by atoms with Gasteiger partial charge in [0.25, 0.3) is 0 Å². The van der Waals surface area contributed by atoms with E-state index in [-0.39, 0.29) is 6.03 Å². The Hall–Kier alpha value is -2.61. The SMILES string of the molecule is CN(C)[C@H]1CCN(c2ccc3c(n2)N(C(=O)NC2=NC=CC2)CCCN3)C1. The quantitative estimate of drug-likeness (QED) is 0.832. The molecule has 0 radical (unpaired) electrons. The zero-order valence-electron chi connectivity index (χ0n) is 16.0. The monoisotopic (exact) mass is 369 g/mol. The van der Waals surface area contributed by atoms with Gasteiger partial charge in [-0.3, -0.25) is 10.2 Å². The number of carbonyl (C=O) groups is 1. The first-order chi connectivity index (χ1) is 13.1. The second kappa shape index (κ2) is 7.56. The van der Waals surface area contributed by atoms with Gasteiger partial charge in [-0.25, -0.2) is 14.8 Å². The summed E-state index contributed by atoms with van der Waals surface area (Å²) in [6.45, 7) is 3.40. The maximum absolute atomic E-state index is 12.9. The average Bonchev–Trinajstić information content (AvgIpc) is 3.30. The van der Waals surface area contributed by atoms with E-state index in [4.69, 9.17) is 4.98 Å². The highest BCUT2D eigenvalue weighted by molar-refractivity contribution is 6.06. The maximum atomic E-state index is 12.9. The minimum atomic E-state index is -0.167. The van der Waals surface area contributed by atoms with Crippen LogP contribution in [0.5, 0.6) is 0 Å².